The summed E-state index contributed by atoms with van der Waals surface area (Å²) in [7, 11) is 1.59. The zero-order valence-corrected chi connectivity index (χ0v) is 10.6. The number of nitrogens with one attached hydrogen (secondary N) is 1. The van der Waals surface area contributed by atoms with Crippen molar-refractivity contribution in [3.05, 3.63) is 51.3 Å². The first-order valence-corrected chi connectivity index (χ1v) is 5.68. The summed E-state index contributed by atoms with van der Waals surface area (Å²) in [6.07, 6.45) is 0. The van der Waals surface area contributed by atoms with Gasteiger partial charge in [0.2, 0.25) is 0 Å². The molecular weight excluding hydrogens is 273 g/mol. The summed E-state index contributed by atoms with van der Waals surface area (Å²) < 4.78 is 13.3. The van der Waals surface area contributed by atoms with Crippen LogP contribution >= 0.6 is 11.6 Å². The molecule has 0 unspecified atom stereocenters. The van der Waals surface area contributed by atoms with Crippen LogP contribution < -0.4 is 5.32 Å². The summed E-state index contributed by atoms with van der Waals surface area (Å²) in [4.78, 5) is 14.4. The summed E-state index contributed by atoms with van der Waals surface area (Å²) in [5.74, 6) is -0.202. The fourth-order valence-corrected chi connectivity index (χ4v) is 1.82. The highest BCUT2D eigenvalue weighted by molar-refractivity contribution is 6.30. The second-order valence-corrected chi connectivity index (χ2v) is 4.20. The van der Waals surface area contributed by atoms with Crippen molar-refractivity contribution in [2.75, 3.05) is 12.4 Å². The molecule has 0 aliphatic carbocycles. The summed E-state index contributed by atoms with van der Waals surface area (Å²) in [5.41, 5.74) is 0.528. The number of pyridine rings is 1. The minimum atomic E-state index is -0.535. The van der Waals surface area contributed by atoms with Gasteiger partial charge in [-0.1, -0.05) is 11.6 Å². The predicted molar refractivity (Wildman–Crippen MR) is 70.8 cm³/mol. The number of nitrogens with zero attached hydrogens (tertiary/aromatic N) is 2. The van der Waals surface area contributed by atoms with Gasteiger partial charge in [-0.25, -0.2) is 9.37 Å². The molecule has 2 rings (SSSR count). The number of hydrogen-bond donors (Lipinski definition) is 1. The van der Waals surface area contributed by atoms with Gasteiger partial charge >= 0.3 is 0 Å². The average molecular weight is 282 g/mol. The molecule has 1 heterocycles. The maximum atomic E-state index is 13.3. The van der Waals surface area contributed by atoms with E-state index in [2.05, 4.69) is 10.3 Å². The average Bonchev–Trinajstić information content (AvgIpc) is 2.37. The topological polar surface area (TPSA) is 68.1 Å². The van der Waals surface area contributed by atoms with E-state index < -0.39 is 10.7 Å². The summed E-state index contributed by atoms with van der Waals surface area (Å²) in [6, 6.07) is 6.44. The Balaban J connectivity index is 2.60. The first-order valence-electron chi connectivity index (χ1n) is 5.30. The SMILES string of the molecule is CNc1cc([N+](=O)[O-])cc(-c2cc(F)cc(Cl)c2)n1. The molecule has 7 heteroatoms. The molecule has 0 fully saturated rings. The molecule has 0 amide bonds. The second kappa shape index (κ2) is 5.19. The third-order valence-corrected chi connectivity index (χ3v) is 2.65. The predicted octanol–water partition coefficient (Wildman–Crippen LogP) is 3.49. The van der Waals surface area contributed by atoms with Crippen LogP contribution in [0.4, 0.5) is 15.9 Å². The van der Waals surface area contributed by atoms with E-state index in [0.29, 0.717) is 11.4 Å². The second-order valence-electron chi connectivity index (χ2n) is 3.76. The van der Waals surface area contributed by atoms with Gasteiger partial charge in [0.1, 0.15) is 11.6 Å². The minimum Gasteiger partial charge on any atom is -0.373 e. The molecule has 5 nitrogen and oxygen atoms in total. The van der Waals surface area contributed by atoms with Crippen molar-refractivity contribution in [2.45, 2.75) is 0 Å². The number of anilines is 1. The normalized spacial score (nSPS) is 10.3. The molecule has 0 saturated heterocycles. The van der Waals surface area contributed by atoms with Crippen LogP contribution in [0.15, 0.2) is 30.3 Å². The Hall–Kier alpha value is -2.21. The Morgan fingerprint density at radius 3 is 2.63 bits per heavy atom. The van der Waals surface area contributed by atoms with E-state index >= 15 is 0 Å². The van der Waals surface area contributed by atoms with Crippen molar-refractivity contribution in [3.63, 3.8) is 0 Å². The smallest absolute Gasteiger partial charge is 0.275 e. The van der Waals surface area contributed by atoms with Gasteiger partial charge in [0.05, 0.1) is 16.7 Å². The monoisotopic (exact) mass is 281 g/mol. The summed E-state index contributed by atoms with van der Waals surface area (Å²) >= 11 is 5.76. The maximum Gasteiger partial charge on any atom is 0.275 e. The fraction of sp³-hybridized carbons (Fsp3) is 0.0833. The highest BCUT2D eigenvalue weighted by atomic mass is 35.5. The zero-order chi connectivity index (χ0) is 14.0. The lowest BCUT2D eigenvalue weighted by Gasteiger charge is -2.05. The Bertz CT molecular complexity index is 629. The first-order chi connectivity index (χ1) is 8.99. The lowest BCUT2D eigenvalue weighted by atomic mass is 10.1. The standard InChI is InChI=1S/C12H9ClFN3O2/c1-15-12-6-10(17(18)19)5-11(16-12)7-2-8(13)4-9(14)3-7/h2-6H,1H3,(H,15,16). The van der Waals surface area contributed by atoms with E-state index in [4.69, 9.17) is 11.6 Å². The number of benzene rings is 1. The largest absolute Gasteiger partial charge is 0.373 e. The molecule has 1 N–H and O–H groups in total. The van der Waals surface area contributed by atoms with Crippen molar-refractivity contribution in [1.82, 2.24) is 4.98 Å². The van der Waals surface area contributed by atoms with E-state index in [9.17, 15) is 14.5 Å². The van der Waals surface area contributed by atoms with E-state index in [1.54, 1.807) is 7.05 Å². The maximum absolute atomic E-state index is 13.3. The molecule has 0 aliphatic heterocycles. The van der Waals surface area contributed by atoms with E-state index in [1.807, 2.05) is 0 Å². The van der Waals surface area contributed by atoms with Gasteiger partial charge in [-0.3, -0.25) is 10.1 Å². The summed E-state index contributed by atoms with van der Waals surface area (Å²) in [6.45, 7) is 0. The quantitative estimate of drug-likeness (QED) is 0.691. The molecule has 98 valence electrons. The molecule has 0 radical (unpaired) electrons. The third kappa shape index (κ3) is 2.97. The van der Waals surface area contributed by atoms with Gasteiger partial charge in [-0.2, -0.15) is 0 Å². The van der Waals surface area contributed by atoms with Crippen molar-refractivity contribution in [1.29, 1.82) is 0 Å². The minimum absolute atomic E-state index is 0.130. The van der Waals surface area contributed by atoms with Gasteiger partial charge in [0.15, 0.2) is 0 Å². The van der Waals surface area contributed by atoms with Gasteiger partial charge in [0, 0.05) is 23.7 Å². The molecule has 1 aromatic carbocycles. The number of nitro groups is 1. The Kier molecular flexibility index (Phi) is 3.62. The van der Waals surface area contributed by atoms with Crippen molar-refractivity contribution in [3.8, 4) is 11.3 Å². The van der Waals surface area contributed by atoms with Gasteiger partial charge in [0.25, 0.3) is 5.69 Å². The van der Waals surface area contributed by atoms with Crippen molar-refractivity contribution in [2.24, 2.45) is 0 Å². The Morgan fingerprint density at radius 2 is 2.05 bits per heavy atom. The molecule has 0 bridgehead atoms. The lowest BCUT2D eigenvalue weighted by molar-refractivity contribution is -0.384. The number of hydrogen-bond acceptors (Lipinski definition) is 4. The Labute approximate surface area is 113 Å². The number of aromatic nitrogens is 1. The highest BCUT2D eigenvalue weighted by Gasteiger charge is 2.13. The first kappa shape index (κ1) is 13.2. The molecule has 2 aromatic rings. The molecule has 0 aliphatic rings. The molecule has 19 heavy (non-hydrogen) atoms. The third-order valence-electron chi connectivity index (χ3n) is 2.44. The van der Waals surface area contributed by atoms with Crippen LogP contribution in [0.5, 0.6) is 0 Å². The van der Waals surface area contributed by atoms with Gasteiger partial charge in [-0.05, 0) is 18.2 Å². The number of halogens is 2. The molecule has 0 spiro atoms. The molecular formula is C12H9ClFN3O2. The molecule has 0 atom stereocenters. The lowest BCUT2D eigenvalue weighted by Crippen LogP contribution is -1.97. The highest BCUT2D eigenvalue weighted by Crippen LogP contribution is 2.27. The van der Waals surface area contributed by atoms with Crippen molar-refractivity contribution < 1.29 is 9.31 Å². The van der Waals surface area contributed by atoms with Crippen LogP contribution in [-0.2, 0) is 0 Å². The van der Waals surface area contributed by atoms with Crippen LogP contribution in [0.1, 0.15) is 0 Å². The van der Waals surface area contributed by atoms with E-state index in [-0.39, 0.29) is 16.4 Å². The number of rotatable bonds is 3. The molecule has 0 saturated carbocycles. The molecule has 1 aromatic heterocycles. The van der Waals surface area contributed by atoms with Crippen LogP contribution in [0.2, 0.25) is 5.02 Å². The van der Waals surface area contributed by atoms with Gasteiger partial charge in [-0.15, -0.1) is 0 Å². The zero-order valence-electron chi connectivity index (χ0n) is 9.85. The summed E-state index contributed by atoms with van der Waals surface area (Å²) in [5, 5.41) is 13.8. The fourth-order valence-electron chi connectivity index (χ4n) is 1.60. The van der Waals surface area contributed by atoms with Gasteiger partial charge < -0.3 is 5.32 Å². The van der Waals surface area contributed by atoms with Crippen LogP contribution in [0.3, 0.4) is 0 Å². The van der Waals surface area contributed by atoms with E-state index in [1.165, 1.54) is 24.3 Å². The van der Waals surface area contributed by atoms with Crippen molar-refractivity contribution >= 4 is 23.1 Å². The van der Waals surface area contributed by atoms with E-state index in [0.717, 1.165) is 6.07 Å². The van der Waals surface area contributed by atoms with Crippen LogP contribution in [0.25, 0.3) is 11.3 Å². The van der Waals surface area contributed by atoms with Crippen LogP contribution in [0, 0.1) is 15.9 Å². The van der Waals surface area contributed by atoms with Crippen LogP contribution in [-0.4, -0.2) is 17.0 Å². The Morgan fingerprint density at radius 1 is 1.32 bits per heavy atom.